The van der Waals surface area contributed by atoms with Gasteiger partial charge < -0.3 is 4.90 Å². The largest absolute Gasteiger partial charge is 0.335 e. The number of nitrogens with zero attached hydrogens (tertiary/aromatic N) is 1. The number of rotatable bonds is 3. The number of benzene rings is 1. The summed E-state index contributed by atoms with van der Waals surface area (Å²) in [6.45, 7) is 7.36. The van der Waals surface area contributed by atoms with Crippen molar-refractivity contribution in [1.82, 2.24) is 4.90 Å². The molecule has 0 N–H and O–H groups in total. The summed E-state index contributed by atoms with van der Waals surface area (Å²) < 4.78 is 0. The van der Waals surface area contributed by atoms with Crippen LogP contribution in [0.3, 0.4) is 0 Å². The number of carbonyl (C=O) groups is 1. The third kappa shape index (κ3) is 2.43. The maximum atomic E-state index is 12.2. The Morgan fingerprint density at radius 1 is 1.39 bits per heavy atom. The maximum absolute atomic E-state index is 12.2. The molecule has 1 aliphatic heterocycles. The number of fused-ring (bicyclic) bond motifs is 1. The van der Waals surface area contributed by atoms with Crippen LogP contribution in [0.4, 0.5) is 0 Å². The molecule has 2 rings (SSSR count). The van der Waals surface area contributed by atoms with Gasteiger partial charge in [-0.25, -0.2) is 0 Å². The first-order valence-electron chi connectivity index (χ1n) is 7.02. The van der Waals surface area contributed by atoms with Crippen molar-refractivity contribution in [3.63, 3.8) is 0 Å². The maximum Gasteiger partial charge on any atom is 0.223 e. The predicted octanol–water partition coefficient (Wildman–Crippen LogP) is 3.57. The summed E-state index contributed by atoms with van der Waals surface area (Å²) in [5.74, 6) is 0.776. The Morgan fingerprint density at radius 3 is 2.78 bits per heavy atom. The lowest BCUT2D eigenvalue weighted by Crippen LogP contribution is -2.42. The minimum absolute atomic E-state index is 0.258. The van der Waals surface area contributed by atoms with Crippen molar-refractivity contribution in [1.29, 1.82) is 0 Å². The van der Waals surface area contributed by atoms with Gasteiger partial charge in [-0.05, 0) is 29.9 Å². The normalized spacial score (nSPS) is 18.9. The van der Waals surface area contributed by atoms with E-state index in [1.54, 1.807) is 0 Å². The van der Waals surface area contributed by atoms with Gasteiger partial charge in [0.1, 0.15) is 0 Å². The zero-order valence-corrected chi connectivity index (χ0v) is 11.6. The van der Waals surface area contributed by atoms with E-state index in [9.17, 15) is 4.79 Å². The van der Waals surface area contributed by atoms with E-state index in [-0.39, 0.29) is 6.04 Å². The van der Waals surface area contributed by atoms with Crippen LogP contribution >= 0.6 is 0 Å². The van der Waals surface area contributed by atoms with Gasteiger partial charge in [0.05, 0.1) is 6.04 Å². The minimum atomic E-state index is 0.258. The Balaban J connectivity index is 2.32. The second-order valence-electron chi connectivity index (χ2n) is 5.47. The van der Waals surface area contributed by atoms with Crippen molar-refractivity contribution < 1.29 is 4.79 Å². The Bertz CT molecular complexity index is 425. The van der Waals surface area contributed by atoms with Gasteiger partial charge in [0, 0.05) is 13.0 Å². The molecule has 0 radical (unpaired) electrons. The fraction of sp³-hybridized carbons (Fsp3) is 0.562. The van der Waals surface area contributed by atoms with Crippen LogP contribution < -0.4 is 0 Å². The zero-order valence-electron chi connectivity index (χ0n) is 11.6. The van der Waals surface area contributed by atoms with E-state index in [4.69, 9.17) is 0 Å². The molecule has 0 spiro atoms. The highest BCUT2D eigenvalue weighted by atomic mass is 16.2. The van der Waals surface area contributed by atoms with Crippen LogP contribution in [0, 0.1) is 5.92 Å². The monoisotopic (exact) mass is 245 g/mol. The van der Waals surface area contributed by atoms with E-state index < -0.39 is 0 Å². The van der Waals surface area contributed by atoms with Crippen LogP contribution in [0.15, 0.2) is 24.3 Å². The van der Waals surface area contributed by atoms with Gasteiger partial charge >= 0.3 is 0 Å². The number of amides is 1. The topological polar surface area (TPSA) is 20.3 Å². The van der Waals surface area contributed by atoms with Crippen molar-refractivity contribution in [2.24, 2.45) is 5.92 Å². The van der Waals surface area contributed by atoms with E-state index in [0.717, 1.165) is 19.4 Å². The highest BCUT2D eigenvalue weighted by molar-refractivity contribution is 5.77. The van der Waals surface area contributed by atoms with Gasteiger partial charge in [-0.3, -0.25) is 4.79 Å². The molecule has 1 aliphatic rings. The Kier molecular flexibility index (Phi) is 4.05. The van der Waals surface area contributed by atoms with Gasteiger partial charge in [-0.2, -0.15) is 0 Å². The minimum Gasteiger partial charge on any atom is -0.335 e. The highest BCUT2D eigenvalue weighted by Gasteiger charge is 2.31. The summed E-state index contributed by atoms with van der Waals surface area (Å²) >= 11 is 0. The van der Waals surface area contributed by atoms with Crippen molar-refractivity contribution in [2.45, 2.75) is 46.1 Å². The van der Waals surface area contributed by atoms with Crippen molar-refractivity contribution in [2.75, 3.05) is 6.54 Å². The third-order valence-electron chi connectivity index (χ3n) is 3.75. The summed E-state index contributed by atoms with van der Waals surface area (Å²) in [5, 5.41) is 0. The van der Waals surface area contributed by atoms with E-state index in [2.05, 4.69) is 49.9 Å². The summed E-state index contributed by atoms with van der Waals surface area (Å²) in [6.07, 6.45) is 2.60. The summed E-state index contributed by atoms with van der Waals surface area (Å²) in [4.78, 5) is 14.3. The quantitative estimate of drug-likeness (QED) is 0.797. The molecule has 1 aromatic carbocycles. The molecule has 0 aromatic heterocycles. The van der Waals surface area contributed by atoms with Crippen molar-refractivity contribution >= 4 is 5.91 Å². The lowest BCUT2D eigenvalue weighted by atomic mass is 9.86. The van der Waals surface area contributed by atoms with Crippen LogP contribution in [-0.4, -0.2) is 17.4 Å². The molecule has 1 amide bonds. The molecule has 1 heterocycles. The van der Waals surface area contributed by atoms with Gasteiger partial charge in [-0.15, -0.1) is 0 Å². The van der Waals surface area contributed by atoms with Crippen LogP contribution in [0.25, 0.3) is 0 Å². The van der Waals surface area contributed by atoms with Crippen molar-refractivity contribution in [3.8, 4) is 0 Å². The molecule has 2 heteroatoms. The molecular weight excluding hydrogens is 222 g/mol. The molecule has 0 bridgehead atoms. The first-order valence-corrected chi connectivity index (χ1v) is 7.02. The molecular formula is C16H23NO. The average molecular weight is 245 g/mol. The van der Waals surface area contributed by atoms with E-state index in [1.807, 2.05) is 0 Å². The number of carbonyl (C=O) groups excluding carboxylic acids is 1. The summed E-state index contributed by atoms with van der Waals surface area (Å²) in [6, 6.07) is 8.83. The Hall–Kier alpha value is -1.31. The first kappa shape index (κ1) is 13.1. The molecule has 0 fully saturated rings. The third-order valence-corrected chi connectivity index (χ3v) is 3.75. The first-order chi connectivity index (χ1) is 8.65. The van der Waals surface area contributed by atoms with Crippen LogP contribution in [0.2, 0.25) is 0 Å². The number of hydrogen-bond donors (Lipinski definition) is 0. The number of hydrogen-bond acceptors (Lipinski definition) is 1. The highest BCUT2D eigenvalue weighted by Crippen LogP contribution is 2.35. The molecule has 1 aromatic rings. The van der Waals surface area contributed by atoms with Crippen molar-refractivity contribution in [3.05, 3.63) is 35.4 Å². The van der Waals surface area contributed by atoms with Gasteiger partial charge in [0.25, 0.3) is 0 Å². The SMILES string of the molecule is CCCC(=O)N1CCc2ccccc2C1C(C)C. The van der Waals surface area contributed by atoms with Gasteiger partial charge in [0.2, 0.25) is 5.91 Å². The summed E-state index contributed by atoms with van der Waals surface area (Å²) in [7, 11) is 0. The molecule has 1 unspecified atom stereocenters. The Labute approximate surface area is 110 Å². The second kappa shape index (κ2) is 5.55. The smallest absolute Gasteiger partial charge is 0.223 e. The van der Waals surface area contributed by atoms with Gasteiger partial charge in [0.15, 0.2) is 0 Å². The zero-order chi connectivity index (χ0) is 13.1. The molecule has 0 aliphatic carbocycles. The lowest BCUT2D eigenvalue weighted by molar-refractivity contribution is -0.135. The molecule has 2 nitrogen and oxygen atoms in total. The second-order valence-corrected chi connectivity index (χ2v) is 5.47. The van der Waals surface area contributed by atoms with Crippen LogP contribution in [-0.2, 0) is 11.2 Å². The predicted molar refractivity (Wildman–Crippen MR) is 74.3 cm³/mol. The van der Waals surface area contributed by atoms with E-state index in [1.165, 1.54) is 11.1 Å². The molecule has 1 atom stereocenters. The summed E-state index contributed by atoms with van der Waals surface area (Å²) in [5.41, 5.74) is 2.76. The van der Waals surface area contributed by atoms with Crippen LogP contribution in [0.5, 0.6) is 0 Å². The average Bonchev–Trinajstić information content (AvgIpc) is 2.37. The fourth-order valence-electron chi connectivity index (χ4n) is 2.95. The van der Waals surface area contributed by atoms with E-state index in [0.29, 0.717) is 18.2 Å². The van der Waals surface area contributed by atoms with Gasteiger partial charge in [-0.1, -0.05) is 45.0 Å². The molecule has 0 saturated heterocycles. The molecule has 98 valence electrons. The Morgan fingerprint density at radius 2 is 2.11 bits per heavy atom. The standard InChI is InChI=1S/C16H23NO/c1-4-7-15(18)17-11-10-13-8-5-6-9-14(13)16(17)12(2)3/h5-6,8-9,12,16H,4,7,10-11H2,1-3H3. The van der Waals surface area contributed by atoms with Crippen LogP contribution in [0.1, 0.15) is 50.8 Å². The lowest BCUT2D eigenvalue weighted by Gasteiger charge is -2.40. The van der Waals surface area contributed by atoms with E-state index >= 15 is 0 Å². The molecule has 0 saturated carbocycles. The fourth-order valence-corrected chi connectivity index (χ4v) is 2.95. The molecule has 18 heavy (non-hydrogen) atoms.